The van der Waals surface area contributed by atoms with Gasteiger partial charge in [0.05, 0.1) is 0 Å². The molecule has 0 radical (unpaired) electrons. The zero-order chi connectivity index (χ0) is 9.80. The topological polar surface area (TPSA) is 38.7 Å². The highest BCUT2D eigenvalue weighted by Gasteiger charge is 2.02. The molecule has 0 fully saturated rings. The van der Waals surface area contributed by atoms with Gasteiger partial charge in [-0.15, -0.1) is 0 Å². The Labute approximate surface area is 82.2 Å². The first-order valence-corrected chi connectivity index (χ1v) is 4.25. The fourth-order valence-electron chi connectivity index (χ4n) is 1.26. The van der Waals surface area contributed by atoms with Crippen LogP contribution >= 0.6 is 0 Å². The van der Waals surface area contributed by atoms with Crippen LogP contribution in [0.25, 0.3) is 17.5 Å². The number of hydrogen-bond acceptors (Lipinski definition) is 3. The van der Waals surface area contributed by atoms with Crippen molar-refractivity contribution in [2.24, 2.45) is 0 Å². The van der Waals surface area contributed by atoms with Gasteiger partial charge in [-0.2, -0.15) is 0 Å². The summed E-state index contributed by atoms with van der Waals surface area (Å²) in [4.78, 5) is 12.0. The first-order chi connectivity index (χ1) is 6.92. The molecule has 3 heteroatoms. The molecule has 0 spiro atoms. The molecule has 14 heavy (non-hydrogen) atoms. The second-order valence-corrected chi connectivity index (χ2v) is 2.75. The van der Waals surface area contributed by atoms with Crippen LogP contribution in [0.1, 0.15) is 5.56 Å². The third-order valence-corrected chi connectivity index (χ3v) is 1.91. The van der Waals surface area contributed by atoms with E-state index in [-0.39, 0.29) is 0 Å². The Bertz CT molecular complexity index is 437. The normalized spacial score (nSPS) is 9.71. The summed E-state index contributed by atoms with van der Waals surface area (Å²) in [6.45, 7) is 3.75. The Hall–Kier alpha value is -2.03. The maximum Gasteiger partial charge on any atom is 0.163 e. The molecule has 0 atom stereocenters. The average Bonchev–Trinajstić information content (AvgIpc) is 2.30. The largest absolute Gasteiger partial charge is 0.225 e. The quantitative estimate of drug-likeness (QED) is 0.716. The van der Waals surface area contributed by atoms with Crippen LogP contribution in [-0.2, 0) is 0 Å². The van der Waals surface area contributed by atoms with Crippen LogP contribution < -0.4 is 0 Å². The van der Waals surface area contributed by atoms with Crippen molar-refractivity contribution in [1.29, 1.82) is 0 Å². The van der Waals surface area contributed by atoms with Crippen molar-refractivity contribution >= 4 is 6.08 Å². The maximum atomic E-state index is 4.09. The summed E-state index contributed by atoms with van der Waals surface area (Å²) in [6, 6.07) is 7.85. The van der Waals surface area contributed by atoms with E-state index >= 15 is 0 Å². The van der Waals surface area contributed by atoms with Gasteiger partial charge in [-0.1, -0.05) is 36.9 Å². The molecule has 0 saturated heterocycles. The monoisotopic (exact) mass is 183 g/mol. The molecule has 1 aromatic carbocycles. The van der Waals surface area contributed by atoms with E-state index in [9.17, 15) is 0 Å². The fourth-order valence-corrected chi connectivity index (χ4v) is 1.26. The van der Waals surface area contributed by atoms with E-state index in [4.69, 9.17) is 0 Å². The molecule has 1 aromatic heterocycles. The second-order valence-electron chi connectivity index (χ2n) is 2.75. The van der Waals surface area contributed by atoms with Crippen molar-refractivity contribution in [1.82, 2.24) is 15.0 Å². The van der Waals surface area contributed by atoms with Crippen molar-refractivity contribution in [2.75, 3.05) is 0 Å². The molecule has 0 aliphatic carbocycles. The summed E-state index contributed by atoms with van der Waals surface area (Å²) in [7, 11) is 0. The van der Waals surface area contributed by atoms with Crippen molar-refractivity contribution in [3.8, 4) is 11.4 Å². The lowest BCUT2D eigenvalue weighted by atomic mass is 10.1. The molecule has 68 valence electrons. The minimum absolute atomic E-state index is 0.676. The van der Waals surface area contributed by atoms with Gasteiger partial charge >= 0.3 is 0 Å². The standard InChI is InChI=1S/C11H9N3/c1-2-9-5-3-4-6-10(9)11-13-7-12-8-14-11/h2-8H,1H2. The van der Waals surface area contributed by atoms with E-state index in [1.54, 1.807) is 6.08 Å². The van der Waals surface area contributed by atoms with Crippen LogP contribution in [0.15, 0.2) is 43.5 Å². The minimum atomic E-state index is 0.676. The zero-order valence-electron chi connectivity index (χ0n) is 7.59. The Kier molecular flexibility index (Phi) is 2.32. The predicted molar refractivity (Wildman–Crippen MR) is 55.4 cm³/mol. The number of rotatable bonds is 2. The summed E-state index contributed by atoms with van der Waals surface area (Å²) in [5, 5.41) is 0. The minimum Gasteiger partial charge on any atom is -0.225 e. The van der Waals surface area contributed by atoms with E-state index in [1.807, 2.05) is 24.3 Å². The molecule has 2 rings (SSSR count). The smallest absolute Gasteiger partial charge is 0.163 e. The molecule has 0 saturated carbocycles. The number of aromatic nitrogens is 3. The molecule has 0 N–H and O–H groups in total. The predicted octanol–water partition coefficient (Wildman–Crippen LogP) is 2.18. The van der Waals surface area contributed by atoms with Gasteiger partial charge in [0.1, 0.15) is 12.7 Å². The lowest BCUT2D eigenvalue weighted by Gasteiger charge is -2.02. The van der Waals surface area contributed by atoms with Crippen LogP contribution in [0, 0.1) is 0 Å². The molecule has 2 aromatic rings. The third kappa shape index (κ3) is 1.52. The molecule has 3 nitrogen and oxygen atoms in total. The Balaban J connectivity index is 2.57. The Morgan fingerprint density at radius 1 is 1.07 bits per heavy atom. The molecular formula is C11H9N3. The molecule has 0 amide bonds. The first-order valence-electron chi connectivity index (χ1n) is 4.25. The Morgan fingerprint density at radius 3 is 2.50 bits per heavy atom. The van der Waals surface area contributed by atoms with E-state index in [1.165, 1.54) is 12.7 Å². The van der Waals surface area contributed by atoms with Gasteiger partial charge in [0, 0.05) is 5.56 Å². The van der Waals surface area contributed by atoms with Gasteiger partial charge in [-0.05, 0) is 5.56 Å². The van der Waals surface area contributed by atoms with Crippen LogP contribution in [0.5, 0.6) is 0 Å². The number of hydrogen-bond donors (Lipinski definition) is 0. The summed E-state index contributed by atoms with van der Waals surface area (Å²) in [5.74, 6) is 0.676. The molecule has 1 heterocycles. The van der Waals surface area contributed by atoms with Crippen molar-refractivity contribution in [2.45, 2.75) is 0 Å². The lowest BCUT2D eigenvalue weighted by molar-refractivity contribution is 1.06. The summed E-state index contributed by atoms with van der Waals surface area (Å²) < 4.78 is 0. The Morgan fingerprint density at radius 2 is 1.79 bits per heavy atom. The van der Waals surface area contributed by atoms with Crippen LogP contribution in [0.2, 0.25) is 0 Å². The maximum absolute atomic E-state index is 4.09. The number of benzene rings is 1. The van der Waals surface area contributed by atoms with Crippen LogP contribution in [-0.4, -0.2) is 15.0 Å². The van der Waals surface area contributed by atoms with Crippen molar-refractivity contribution in [3.05, 3.63) is 49.1 Å². The van der Waals surface area contributed by atoms with Gasteiger partial charge in [0.15, 0.2) is 5.82 Å². The zero-order valence-corrected chi connectivity index (χ0v) is 7.59. The number of nitrogens with zero attached hydrogens (tertiary/aromatic N) is 3. The van der Waals surface area contributed by atoms with E-state index in [0.717, 1.165) is 11.1 Å². The van der Waals surface area contributed by atoms with Crippen molar-refractivity contribution < 1.29 is 0 Å². The van der Waals surface area contributed by atoms with E-state index in [0.29, 0.717) is 5.82 Å². The van der Waals surface area contributed by atoms with Gasteiger partial charge in [0.25, 0.3) is 0 Å². The van der Waals surface area contributed by atoms with Crippen LogP contribution in [0.4, 0.5) is 0 Å². The highest BCUT2D eigenvalue weighted by Crippen LogP contribution is 2.19. The SMILES string of the molecule is C=Cc1ccccc1-c1ncncn1. The summed E-state index contributed by atoms with van der Waals surface area (Å²) in [5.41, 5.74) is 2.00. The average molecular weight is 183 g/mol. The molecule has 0 aliphatic rings. The van der Waals surface area contributed by atoms with E-state index in [2.05, 4.69) is 21.5 Å². The van der Waals surface area contributed by atoms with Crippen LogP contribution in [0.3, 0.4) is 0 Å². The molecule has 0 aliphatic heterocycles. The molecular weight excluding hydrogens is 174 g/mol. The molecule has 0 unspecified atom stereocenters. The highest BCUT2D eigenvalue weighted by atomic mass is 15.0. The summed E-state index contributed by atoms with van der Waals surface area (Å²) in [6.07, 6.45) is 4.77. The first kappa shape index (κ1) is 8.56. The highest BCUT2D eigenvalue weighted by molar-refractivity contribution is 5.69. The van der Waals surface area contributed by atoms with E-state index < -0.39 is 0 Å². The van der Waals surface area contributed by atoms with Crippen molar-refractivity contribution in [3.63, 3.8) is 0 Å². The van der Waals surface area contributed by atoms with Gasteiger partial charge in [-0.3, -0.25) is 0 Å². The van der Waals surface area contributed by atoms with Gasteiger partial charge in [0.2, 0.25) is 0 Å². The van der Waals surface area contributed by atoms with Gasteiger partial charge in [-0.25, -0.2) is 15.0 Å². The molecule has 0 bridgehead atoms. The second kappa shape index (κ2) is 3.79. The fraction of sp³-hybridized carbons (Fsp3) is 0. The summed E-state index contributed by atoms with van der Waals surface area (Å²) >= 11 is 0. The third-order valence-electron chi connectivity index (χ3n) is 1.91. The van der Waals surface area contributed by atoms with Gasteiger partial charge < -0.3 is 0 Å². The lowest BCUT2D eigenvalue weighted by Crippen LogP contribution is -1.90.